The molecule has 1 aliphatic heterocycles. The Bertz CT molecular complexity index is 678. The van der Waals surface area contributed by atoms with Crippen molar-refractivity contribution < 1.29 is 14.3 Å². The van der Waals surface area contributed by atoms with Crippen LogP contribution in [0.5, 0.6) is 11.6 Å². The lowest BCUT2D eigenvalue weighted by atomic mass is 9.79. The number of carbonyl (C=O) groups is 1. The second-order valence-electron chi connectivity index (χ2n) is 5.85. The van der Waals surface area contributed by atoms with Crippen molar-refractivity contribution in [2.75, 3.05) is 25.1 Å². The molecular formula is C18H23Cl2N3O3. The second-order valence-corrected chi connectivity index (χ2v) is 5.85. The number of hydrogen-bond donors (Lipinski definition) is 2. The van der Waals surface area contributed by atoms with Gasteiger partial charge in [0.2, 0.25) is 11.8 Å². The Balaban J connectivity index is 0.00000169. The SMILES string of the molecule is Cl.Cl.NCC1(C(=O)Nc2ccc(Oc3ccccn3)cc2)CCOCC1. The summed E-state index contributed by atoms with van der Waals surface area (Å²) in [5, 5.41) is 2.95. The van der Waals surface area contributed by atoms with Gasteiger partial charge in [0.25, 0.3) is 0 Å². The van der Waals surface area contributed by atoms with E-state index in [1.807, 2.05) is 12.1 Å². The lowest BCUT2D eigenvalue weighted by molar-refractivity contribution is -0.130. The fourth-order valence-electron chi connectivity index (χ4n) is 2.68. The highest BCUT2D eigenvalue weighted by Gasteiger charge is 2.38. The molecule has 3 N–H and O–H groups in total. The number of nitrogens with two attached hydrogens (primary N) is 1. The molecule has 1 amide bonds. The number of halogens is 2. The van der Waals surface area contributed by atoms with Crippen LogP contribution in [0.15, 0.2) is 48.7 Å². The van der Waals surface area contributed by atoms with E-state index in [2.05, 4.69) is 10.3 Å². The molecule has 26 heavy (non-hydrogen) atoms. The van der Waals surface area contributed by atoms with Crippen LogP contribution in [-0.4, -0.2) is 30.6 Å². The number of amides is 1. The normalized spacial score (nSPS) is 15.1. The molecule has 0 atom stereocenters. The zero-order chi connectivity index (χ0) is 16.8. The first kappa shape index (κ1) is 22.2. The van der Waals surface area contributed by atoms with E-state index < -0.39 is 5.41 Å². The topological polar surface area (TPSA) is 86.5 Å². The van der Waals surface area contributed by atoms with E-state index >= 15 is 0 Å². The number of carbonyl (C=O) groups excluding carboxylic acids is 1. The van der Waals surface area contributed by atoms with Crippen molar-refractivity contribution in [3.05, 3.63) is 48.7 Å². The minimum Gasteiger partial charge on any atom is -0.439 e. The van der Waals surface area contributed by atoms with Gasteiger partial charge in [0.05, 0.1) is 5.41 Å². The van der Waals surface area contributed by atoms with E-state index in [0.717, 1.165) is 0 Å². The number of aromatic nitrogens is 1. The molecule has 6 nitrogen and oxygen atoms in total. The number of nitrogens with one attached hydrogen (secondary N) is 1. The Hall–Kier alpha value is -1.86. The van der Waals surface area contributed by atoms with Gasteiger partial charge in [-0.1, -0.05) is 6.07 Å². The van der Waals surface area contributed by atoms with E-state index in [4.69, 9.17) is 15.2 Å². The number of hydrogen-bond acceptors (Lipinski definition) is 5. The molecule has 1 aromatic heterocycles. The van der Waals surface area contributed by atoms with Gasteiger partial charge in [-0.25, -0.2) is 4.98 Å². The first-order valence-corrected chi connectivity index (χ1v) is 8.00. The lowest BCUT2D eigenvalue weighted by Crippen LogP contribution is -2.46. The van der Waals surface area contributed by atoms with Crippen LogP contribution in [0.3, 0.4) is 0 Å². The molecule has 142 valence electrons. The van der Waals surface area contributed by atoms with Gasteiger partial charge in [0.1, 0.15) is 5.75 Å². The summed E-state index contributed by atoms with van der Waals surface area (Å²) in [7, 11) is 0. The number of pyridine rings is 1. The number of nitrogens with zero attached hydrogens (tertiary/aromatic N) is 1. The third-order valence-corrected chi connectivity index (χ3v) is 4.29. The Kier molecular flexibility index (Phi) is 8.81. The van der Waals surface area contributed by atoms with Gasteiger partial charge in [-0.2, -0.15) is 0 Å². The molecule has 1 aromatic carbocycles. The molecule has 1 fully saturated rings. The summed E-state index contributed by atoms with van der Waals surface area (Å²) in [5.74, 6) is 1.14. The van der Waals surface area contributed by atoms with Gasteiger partial charge < -0.3 is 20.5 Å². The highest BCUT2D eigenvalue weighted by Crippen LogP contribution is 2.31. The van der Waals surface area contributed by atoms with Crippen molar-refractivity contribution in [2.24, 2.45) is 11.1 Å². The molecule has 1 saturated heterocycles. The lowest BCUT2D eigenvalue weighted by Gasteiger charge is -2.34. The fraction of sp³-hybridized carbons (Fsp3) is 0.333. The van der Waals surface area contributed by atoms with E-state index in [-0.39, 0.29) is 30.7 Å². The molecule has 8 heteroatoms. The predicted octanol–water partition coefficient (Wildman–Crippen LogP) is 3.41. The van der Waals surface area contributed by atoms with E-state index in [1.165, 1.54) is 0 Å². The van der Waals surface area contributed by atoms with Crippen molar-refractivity contribution in [1.82, 2.24) is 4.98 Å². The van der Waals surface area contributed by atoms with Crippen molar-refractivity contribution in [3.8, 4) is 11.6 Å². The fourth-order valence-corrected chi connectivity index (χ4v) is 2.68. The highest BCUT2D eigenvalue weighted by molar-refractivity contribution is 5.95. The van der Waals surface area contributed by atoms with Gasteiger partial charge in [-0.3, -0.25) is 4.79 Å². The molecule has 0 radical (unpaired) electrons. The number of rotatable bonds is 5. The molecule has 0 aliphatic carbocycles. The van der Waals surface area contributed by atoms with E-state index in [1.54, 1.807) is 36.5 Å². The minimum absolute atomic E-state index is 0. The highest BCUT2D eigenvalue weighted by atomic mass is 35.5. The van der Waals surface area contributed by atoms with Crippen LogP contribution in [0.1, 0.15) is 12.8 Å². The van der Waals surface area contributed by atoms with Crippen LogP contribution in [0.25, 0.3) is 0 Å². The maximum Gasteiger partial charge on any atom is 0.232 e. The molecule has 3 rings (SSSR count). The molecule has 2 aromatic rings. The maximum atomic E-state index is 12.6. The largest absolute Gasteiger partial charge is 0.439 e. The summed E-state index contributed by atoms with van der Waals surface area (Å²) >= 11 is 0. The summed E-state index contributed by atoms with van der Waals surface area (Å²) in [6.45, 7) is 1.46. The molecule has 0 saturated carbocycles. The summed E-state index contributed by atoms with van der Waals surface area (Å²) < 4.78 is 11.0. The van der Waals surface area contributed by atoms with Crippen LogP contribution < -0.4 is 15.8 Å². The molecule has 0 bridgehead atoms. The molecular weight excluding hydrogens is 377 g/mol. The van der Waals surface area contributed by atoms with Crippen LogP contribution in [0, 0.1) is 5.41 Å². The number of ether oxygens (including phenoxy) is 2. The third-order valence-electron chi connectivity index (χ3n) is 4.29. The van der Waals surface area contributed by atoms with Crippen molar-refractivity contribution in [3.63, 3.8) is 0 Å². The van der Waals surface area contributed by atoms with Gasteiger partial charge in [0, 0.05) is 37.7 Å². The Morgan fingerprint density at radius 1 is 1.15 bits per heavy atom. The Morgan fingerprint density at radius 3 is 2.42 bits per heavy atom. The first-order chi connectivity index (χ1) is 11.7. The van der Waals surface area contributed by atoms with Crippen LogP contribution >= 0.6 is 24.8 Å². The standard InChI is InChI=1S/C18H21N3O3.2ClH/c19-13-18(8-11-23-12-9-18)17(22)21-14-4-6-15(7-5-14)24-16-3-1-2-10-20-16;;/h1-7,10H,8-9,11-13,19H2,(H,21,22);2*1H. The zero-order valence-corrected chi connectivity index (χ0v) is 15.9. The van der Waals surface area contributed by atoms with Crippen molar-refractivity contribution in [2.45, 2.75) is 12.8 Å². The quantitative estimate of drug-likeness (QED) is 0.803. The molecule has 1 aliphatic rings. The average molecular weight is 400 g/mol. The molecule has 2 heterocycles. The van der Waals surface area contributed by atoms with Crippen LogP contribution in [0.2, 0.25) is 0 Å². The van der Waals surface area contributed by atoms with Gasteiger partial charge in [-0.15, -0.1) is 24.8 Å². The summed E-state index contributed by atoms with van der Waals surface area (Å²) in [6.07, 6.45) is 2.97. The monoisotopic (exact) mass is 399 g/mol. The minimum atomic E-state index is -0.540. The van der Waals surface area contributed by atoms with Crippen LogP contribution in [-0.2, 0) is 9.53 Å². The molecule has 0 spiro atoms. The predicted molar refractivity (Wildman–Crippen MR) is 105 cm³/mol. The van der Waals surface area contributed by atoms with Gasteiger partial charge in [-0.05, 0) is 43.2 Å². The van der Waals surface area contributed by atoms with E-state index in [0.29, 0.717) is 49.9 Å². The number of benzene rings is 1. The third kappa shape index (κ3) is 5.32. The number of anilines is 1. The van der Waals surface area contributed by atoms with Gasteiger partial charge in [0.15, 0.2) is 0 Å². The van der Waals surface area contributed by atoms with Crippen LogP contribution in [0.4, 0.5) is 5.69 Å². The summed E-state index contributed by atoms with van der Waals surface area (Å²) in [6, 6.07) is 12.7. The first-order valence-electron chi connectivity index (χ1n) is 8.00. The van der Waals surface area contributed by atoms with Crippen molar-refractivity contribution in [1.29, 1.82) is 0 Å². The smallest absolute Gasteiger partial charge is 0.232 e. The summed E-state index contributed by atoms with van der Waals surface area (Å²) in [4.78, 5) is 16.7. The van der Waals surface area contributed by atoms with E-state index in [9.17, 15) is 4.79 Å². The average Bonchev–Trinajstić information content (AvgIpc) is 2.64. The second kappa shape index (κ2) is 10.3. The zero-order valence-electron chi connectivity index (χ0n) is 14.2. The Morgan fingerprint density at radius 2 is 1.85 bits per heavy atom. The van der Waals surface area contributed by atoms with Crippen molar-refractivity contribution >= 4 is 36.4 Å². The van der Waals surface area contributed by atoms with Gasteiger partial charge >= 0.3 is 0 Å². The Labute approximate surface area is 165 Å². The maximum absolute atomic E-state index is 12.6. The summed E-state index contributed by atoms with van der Waals surface area (Å²) in [5.41, 5.74) is 6.03. The molecule has 0 unspecified atom stereocenters.